The van der Waals surface area contributed by atoms with Crippen molar-refractivity contribution in [1.29, 1.82) is 0 Å². The zero-order valence-electron chi connectivity index (χ0n) is 22.5. The highest BCUT2D eigenvalue weighted by Gasteiger charge is 2.44. The number of rotatable bonds is 9. The third-order valence-electron chi connectivity index (χ3n) is 6.38. The summed E-state index contributed by atoms with van der Waals surface area (Å²) in [5, 5.41) is 1.99. The number of benzene rings is 1. The highest BCUT2D eigenvalue weighted by atomic mass is 79.9. The molecule has 1 amide bonds. The molecule has 204 valence electrons. The lowest BCUT2D eigenvalue weighted by Gasteiger charge is -2.37. The van der Waals surface area contributed by atoms with Crippen LogP contribution in [0.25, 0.3) is 0 Å². The molecule has 0 saturated carbocycles. The Morgan fingerprint density at radius 3 is 2.66 bits per heavy atom. The lowest BCUT2D eigenvalue weighted by Crippen LogP contribution is -2.52. The highest BCUT2D eigenvalue weighted by Crippen LogP contribution is 2.42. The number of amides is 1. The van der Waals surface area contributed by atoms with E-state index in [0.29, 0.717) is 46.7 Å². The highest BCUT2D eigenvalue weighted by molar-refractivity contribution is 9.10. The fourth-order valence-electron chi connectivity index (χ4n) is 4.56. The van der Waals surface area contributed by atoms with Gasteiger partial charge in [-0.25, -0.2) is 0 Å². The molecule has 1 aliphatic rings. The minimum Gasteiger partial charge on any atom is -0.496 e. The Bertz CT molecular complexity index is 1210. The predicted octanol–water partition coefficient (Wildman–Crippen LogP) is 5.71. The van der Waals surface area contributed by atoms with Crippen LogP contribution in [-0.4, -0.2) is 59.9 Å². The third-order valence-corrected chi connectivity index (χ3v) is 8.61. The monoisotopic (exact) mass is 619 g/mol. The van der Waals surface area contributed by atoms with Gasteiger partial charge >= 0.3 is 5.97 Å². The van der Waals surface area contributed by atoms with E-state index in [1.807, 2.05) is 50.4 Å². The fourth-order valence-corrected chi connectivity index (χ4v) is 6.30. The first-order valence-electron chi connectivity index (χ1n) is 12.6. The van der Waals surface area contributed by atoms with E-state index in [9.17, 15) is 14.4 Å². The number of ketones is 1. The van der Waals surface area contributed by atoms with Crippen molar-refractivity contribution in [2.24, 2.45) is 5.92 Å². The summed E-state index contributed by atoms with van der Waals surface area (Å²) in [6, 6.07) is 7.65. The van der Waals surface area contributed by atoms with Crippen LogP contribution in [0.3, 0.4) is 0 Å². The smallest absolute Gasteiger partial charge is 0.314 e. The maximum atomic E-state index is 13.7. The van der Waals surface area contributed by atoms with E-state index < -0.39 is 35.0 Å². The van der Waals surface area contributed by atoms with E-state index in [1.54, 1.807) is 42.0 Å². The van der Waals surface area contributed by atoms with Crippen LogP contribution >= 0.6 is 39.0 Å². The van der Waals surface area contributed by atoms with Gasteiger partial charge in [-0.1, -0.05) is 17.9 Å². The number of hydrogen-bond donors (Lipinski definition) is 0. The molecule has 0 aliphatic heterocycles. The molecule has 1 heterocycles. The van der Waals surface area contributed by atoms with Crippen molar-refractivity contribution in [1.82, 2.24) is 4.90 Å². The number of ether oxygens (including phenoxy) is 2. The zero-order chi connectivity index (χ0) is 27.9. The van der Waals surface area contributed by atoms with Gasteiger partial charge in [0.1, 0.15) is 5.75 Å². The number of Topliss-reactive ketones (excluding diaryl/α,β-unsaturated/α-hetero) is 1. The Labute approximate surface area is 242 Å². The summed E-state index contributed by atoms with van der Waals surface area (Å²) in [6.45, 7) is 8.09. The summed E-state index contributed by atoms with van der Waals surface area (Å²) >= 11 is 6.73. The molecular formula is C29H34BrNO5S2. The summed E-state index contributed by atoms with van der Waals surface area (Å²) in [5.41, 5.74) is 1.07. The van der Waals surface area contributed by atoms with Gasteiger partial charge in [0, 0.05) is 23.8 Å². The van der Waals surface area contributed by atoms with E-state index in [1.165, 1.54) is 0 Å². The minimum absolute atomic E-state index is 0.192. The molecule has 1 aliphatic carbocycles. The van der Waals surface area contributed by atoms with Crippen LogP contribution in [0, 0.1) is 17.8 Å². The molecule has 3 rings (SSSR count). The molecule has 6 nitrogen and oxygen atoms in total. The van der Waals surface area contributed by atoms with E-state index in [0.717, 1.165) is 10.4 Å². The molecule has 2 unspecified atom stereocenters. The maximum Gasteiger partial charge on any atom is 0.314 e. The number of thiophene rings is 1. The Morgan fingerprint density at radius 1 is 1.26 bits per heavy atom. The largest absolute Gasteiger partial charge is 0.496 e. The SMILES string of the molecule is CCOC(=O)C1c2cc(Br)c(OC)cc2CCC1C(=O)C(=O)N(CCSCC#Cc1cccs1)C(C)(C)C. The first kappa shape index (κ1) is 30.3. The Balaban J connectivity index is 1.77. The van der Waals surface area contributed by atoms with E-state index in [4.69, 9.17) is 9.47 Å². The number of carbonyl (C=O) groups is 3. The van der Waals surface area contributed by atoms with Gasteiger partial charge in [-0.05, 0) is 91.2 Å². The lowest BCUT2D eigenvalue weighted by molar-refractivity contribution is -0.154. The van der Waals surface area contributed by atoms with E-state index in [2.05, 4.69) is 27.8 Å². The van der Waals surface area contributed by atoms with Crippen LogP contribution in [-0.2, 0) is 25.5 Å². The van der Waals surface area contributed by atoms with Crippen LogP contribution in [0.5, 0.6) is 5.75 Å². The van der Waals surface area contributed by atoms with Gasteiger partial charge in [-0.2, -0.15) is 0 Å². The fraction of sp³-hybridized carbons (Fsp3) is 0.483. The standard InChI is InChI=1S/C29H34BrNO5S2/c1-6-36-28(34)25-21(12-11-19-17-24(35-5)23(30)18-22(19)25)26(32)27(33)31(29(2,3)4)13-16-37-14-7-9-20-10-8-15-38-20/h8,10,15,17-18,21,25H,6,11-14,16H2,1-5H3. The number of carbonyl (C=O) groups excluding carboxylic acids is 3. The number of halogens is 1. The average molecular weight is 621 g/mol. The molecular weight excluding hydrogens is 586 g/mol. The first-order chi connectivity index (χ1) is 18.1. The second-order valence-corrected chi connectivity index (χ2v) is 12.8. The van der Waals surface area contributed by atoms with Crippen LogP contribution < -0.4 is 4.74 Å². The van der Waals surface area contributed by atoms with Gasteiger partial charge < -0.3 is 14.4 Å². The number of methoxy groups -OCH3 is 1. The zero-order valence-corrected chi connectivity index (χ0v) is 25.7. The van der Waals surface area contributed by atoms with Crippen LogP contribution in [0.1, 0.15) is 56.0 Å². The number of fused-ring (bicyclic) bond motifs is 1. The third kappa shape index (κ3) is 7.43. The number of aryl methyl sites for hydroxylation is 1. The maximum absolute atomic E-state index is 13.7. The van der Waals surface area contributed by atoms with Crippen molar-refractivity contribution in [3.05, 3.63) is 50.1 Å². The number of thioether (sulfide) groups is 1. The lowest BCUT2D eigenvalue weighted by atomic mass is 9.72. The summed E-state index contributed by atoms with van der Waals surface area (Å²) in [6.07, 6.45) is 0.948. The molecule has 0 radical (unpaired) electrons. The van der Waals surface area contributed by atoms with Crippen molar-refractivity contribution >= 4 is 56.7 Å². The molecule has 1 aromatic carbocycles. The molecule has 9 heteroatoms. The quantitative estimate of drug-likeness (QED) is 0.155. The molecule has 0 spiro atoms. The molecule has 1 aromatic heterocycles. The van der Waals surface area contributed by atoms with Gasteiger partial charge in [0.25, 0.3) is 5.91 Å². The second kappa shape index (κ2) is 13.7. The molecule has 0 bridgehead atoms. The molecule has 2 aromatic rings. The average Bonchev–Trinajstić information content (AvgIpc) is 3.39. The number of nitrogens with zero attached hydrogens (tertiary/aromatic N) is 1. The minimum atomic E-state index is -0.846. The van der Waals surface area contributed by atoms with Crippen LogP contribution in [0.2, 0.25) is 0 Å². The first-order valence-corrected chi connectivity index (χ1v) is 15.4. The Morgan fingerprint density at radius 2 is 2.03 bits per heavy atom. The van der Waals surface area contributed by atoms with E-state index >= 15 is 0 Å². The van der Waals surface area contributed by atoms with Crippen molar-refractivity contribution in [3.63, 3.8) is 0 Å². The second-order valence-electron chi connectivity index (χ2n) is 9.88. The molecule has 0 fully saturated rings. The summed E-state index contributed by atoms with van der Waals surface area (Å²) in [4.78, 5) is 43.1. The van der Waals surface area contributed by atoms with Gasteiger partial charge in [-0.15, -0.1) is 23.1 Å². The molecule has 0 N–H and O–H groups in total. The van der Waals surface area contributed by atoms with Crippen molar-refractivity contribution in [3.8, 4) is 17.6 Å². The molecule has 38 heavy (non-hydrogen) atoms. The van der Waals surface area contributed by atoms with Crippen LogP contribution in [0.15, 0.2) is 34.1 Å². The van der Waals surface area contributed by atoms with Crippen molar-refractivity contribution in [2.75, 3.05) is 31.8 Å². The topological polar surface area (TPSA) is 72.9 Å². The van der Waals surface area contributed by atoms with Crippen molar-refractivity contribution < 1.29 is 23.9 Å². The molecule has 2 atom stereocenters. The van der Waals surface area contributed by atoms with E-state index in [-0.39, 0.29) is 6.61 Å². The Hall–Kier alpha value is -2.28. The summed E-state index contributed by atoms with van der Waals surface area (Å²) < 4.78 is 11.5. The van der Waals surface area contributed by atoms with Crippen molar-refractivity contribution in [2.45, 2.75) is 52.0 Å². The van der Waals surface area contributed by atoms with Gasteiger partial charge in [0.15, 0.2) is 0 Å². The number of hydrogen-bond acceptors (Lipinski definition) is 7. The normalized spacial score (nSPS) is 16.6. The summed E-state index contributed by atoms with van der Waals surface area (Å²) in [5.74, 6) is 5.00. The van der Waals surface area contributed by atoms with Gasteiger partial charge in [0.05, 0.1) is 34.7 Å². The number of esters is 1. The molecule has 0 saturated heterocycles. The summed E-state index contributed by atoms with van der Waals surface area (Å²) in [7, 11) is 1.58. The van der Waals surface area contributed by atoms with Gasteiger partial charge in [-0.3, -0.25) is 14.4 Å². The van der Waals surface area contributed by atoms with Gasteiger partial charge in [0.2, 0.25) is 5.78 Å². The predicted molar refractivity (Wildman–Crippen MR) is 157 cm³/mol. The Kier molecular flexibility index (Phi) is 10.9. The van der Waals surface area contributed by atoms with Crippen LogP contribution in [0.4, 0.5) is 0 Å².